The Morgan fingerprint density at radius 1 is 1.12 bits per heavy atom. The summed E-state index contributed by atoms with van der Waals surface area (Å²) in [6.07, 6.45) is 0.856. The average molecular weight is 368 g/mol. The average Bonchev–Trinajstić information content (AvgIpc) is 3.05. The fourth-order valence-corrected chi connectivity index (χ4v) is 3.95. The Morgan fingerprint density at radius 3 is 2.58 bits per heavy atom. The lowest BCUT2D eigenvalue weighted by molar-refractivity contribution is -0.117. The lowest BCUT2D eigenvalue weighted by Gasteiger charge is -2.20. The minimum Gasteiger partial charge on any atom is -0.324 e. The van der Waals surface area contributed by atoms with Gasteiger partial charge in [-0.15, -0.1) is 0 Å². The summed E-state index contributed by atoms with van der Waals surface area (Å²) in [7, 11) is 0. The SMILES string of the molecule is CCN(CCc1nsc2ccccc12)CC(=O)Nc1c(C)cccc1C. The molecule has 26 heavy (non-hydrogen) atoms. The molecule has 0 saturated carbocycles. The first-order valence-corrected chi connectivity index (χ1v) is 9.77. The number of fused-ring (bicyclic) bond motifs is 1. The van der Waals surface area contributed by atoms with Crippen LogP contribution in [-0.4, -0.2) is 34.8 Å². The van der Waals surface area contributed by atoms with E-state index in [1.165, 1.54) is 10.1 Å². The van der Waals surface area contributed by atoms with Gasteiger partial charge in [-0.2, -0.15) is 4.37 Å². The molecule has 0 aliphatic heterocycles. The van der Waals surface area contributed by atoms with Crippen LogP contribution in [0.4, 0.5) is 5.69 Å². The molecule has 0 saturated heterocycles. The minimum atomic E-state index is 0.0346. The van der Waals surface area contributed by atoms with Crippen LogP contribution in [0.2, 0.25) is 0 Å². The van der Waals surface area contributed by atoms with Gasteiger partial charge in [0.2, 0.25) is 5.91 Å². The van der Waals surface area contributed by atoms with E-state index in [1.54, 1.807) is 11.5 Å². The molecular weight excluding hydrogens is 342 g/mol. The van der Waals surface area contributed by atoms with Gasteiger partial charge in [0.15, 0.2) is 0 Å². The highest BCUT2D eigenvalue weighted by atomic mass is 32.1. The number of para-hydroxylation sites is 1. The lowest BCUT2D eigenvalue weighted by Crippen LogP contribution is -2.34. The number of likely N-dealkylation sites (N-methyl/N-ethyl adjacent to an activating group) is 1. The zero-order chi connectivity index (χ0) is 18.5. The predicted molar refractivity (Wildman–Crippen MR) is 110 cm³/mol. The molecule has 5 heteroatoms. The van der Waals surface area contributed by atoms with Gasteiger partial charge in [0.25, 0.3) is 0 Å². The third-order valence-corrected chi connectivity index (χ3v) is 5.54. The summed E-state index contributed by atoms with van der Waals surface area (Å²) < 4.78 is 5.81. The van der Waals surface area contributed by atoms with E-state index in [1.807, 2.05) is 38.1 Å². The first kappa shape index (κ1) is 18.5. The Morgan fingerprint density at radius 2 is 1.85 bits per heavy atom. The van der Waals surface area contributed by atoms with Crippen molar-refractivity contribution in [3.8, 4) is 0 Å². The number of hydrogen-bond donors (Lipinski definition) is 1. The van der Waals surface area contributed by atoms with Crippen molar-refractivity contribution in [2.24, 2.45) is 0 Å². The number of carbonyl (C=O) groups is 1. The Balaban J connectivity index is 1.60. The standard InChI is InChI=1S/C21H25N3OS/c1-4-24(13-12-18-17-10-5-6-11-19(17)26-23-18)14-20(25)22-21-15(2)8-7-9-16(21)3/h5-11H,4,12-14H2,1-3H3,(H,22,25). The number of hydrogen-bond acceptors (Lipinski definition) is 4. The zero-order valence-corrected chi connectivity index (χ0v) is 16.4. The second-order valence-electron chi connectivity index (χ2n) is 6.56. The molecule has 136 valence electrons. The van der Waals surface area contributed by atoms with E-state index in [2.05, 4.69) is 39.7 Å². The van der Waals surface area contributed by atoms with Gasteiger partial charge in [-0.25, -0.2) is 0 Å². The van der Waals surface area contributed by atoms with Crippen molar-refractivity contribution in [2.75, 3.05) is 25.0 Å². The molecule has 1 aromatic heterocycles. The van der Waals surface area contributed by atoms with Gasteiger partial charge < -0.3 is 5.32 Å². The summed E-state index contributed by atoms with van der Waals surface area (Å²) in [6, 6.07) is 14.4. The van der Waals surface area contributed by atoms with Gasteiger partial charge in [0, 0.05) is 24.0 Å². The molecular formula is C21H25N3OS. The summed E-state index contributed by atoms with van der Waals surface area (Å²) in [6.45, 7) is 8.19. The zero-order valence-electron chi connectivity index (χ0n) is 15.6. The fraction of sp³-hybridized carbons (Fsp3) is 0.333. The molecule has 3 rings (SSSR count). The number of anilines is 1. The van der Waals surface area contributed by atoms with E-state index in [-0.39, 0.29) is 5.91 Å². The number of amides is 1. The molecule has 0 aliphatic carbocycles. The van der Waals surface area contributed by atoms with E-state index in [4.69, 9.17) is 0 Å². The van der Waals surface area contributed by atoms with E-state index in [0.717, 1.165) is 42.0 Å². The van der Waals surface area contributed by atoms with Gasteiger partial charge >= 0.3 is 0 Å². The van der Waals surface area contributed by atoms with Gasteiger partial charge in [-0.05, 0) is 49.1 Å². The maximum Gasteiger partial charge on any atom is 0.238 e. The van der Waals surface area contributed by atoms with E-state index < -0.39 is 0 Å². The van der Waals surface area contributed by atoms with Crippen LogP contribution in [0.3, 0.4) is 0 Å². The number of aryl methyl sites for hydroxylation is 2. The van der Waals surface area contributed by atoms with Crippen LogP contribution in [0.25, 0.3) is 10.1 Å². The van der Waals surface area contributed by atoms with Crippen molar-refractivity contribution in [3.63, 3.8) is 0 Å². The Bertz CT molecular complexity index is 883. The van der Waals surface area contributed by atoms with Crippen molar-refractivity contribution in [3.05, 3.63) is 59.3 Å². The quantitative estimate of drug-likeness (QED) is 0.672. The van der Waals surface area contributed by atoms with Gasteiger partial charge in [0.1, 0.15) is 0 Å². The van der Waals surface area contributed by atoms with Crippen LogP contribution in [0, 0.1) is 13.8 Å². The topological polar surface area (TPSA) is 45.2 Å². The maximum absolute atomic E-state index is 12.5. The summed E-state index contributed by atoms with van der Waals surface area (Å²) in [5.41, 5.74) is 4.24. The molecule has 0 aliphatic rings. The third-order valence-electron chi connectivity index (χ3n) is 4.68. The molecule has 4 nitrogen and oxygen atoms in total. The highest BCUT2D eigenvalue weighted by Crippen LogP contribution is 2.23. The van der Waals surface area contributed by atoms with Crippen LogP contribution in [0.1, 0.15) is 23.7 Å². The molecule has 2 aromatic carbocycles. The van der Waals surface area contributed by atoms with Crippen molar-refractivity contribution >= 4 is 33.2 Å². The molecule has 0 fully saturated rings. The van der Waals surface area contributed by atoms with Crippen LogP contribution >= 0.6 is 11.5 Å². The smallest absolute Gasteiger partial charge is 0.238 e. The summed E-state index contributed by atoms with van der Waals surface area (Å²) in [5, 5.41) is 4.30. The maximum atomic E-state index is 12.5. The number of nitrogens with one attached hydrogen (secondary N) is 1. The van der Waals surface area contributed by atoms with E-state index >= 15 is 0 Å². The molecule has 0 spiro atoms. The summed E-state index contributed by atoms with van der Waals surface area (Å²) in [4.78, 5) is 14.7. The Kier molecular flexibility index (Phi) is 6.01. The first-order valence-electron chi connectivity index (χ1n) is 9.00. The Hall–Kier alpha value is -2.24. The first-order chi connectivity index (χ1) is 12.6. The fourth-order valence-electron chi connectivity index (χ4n) is 3.13. The number of rotatable bonds is 7. The van der Waals surface area contributed by atoms with Crippen molar-refractivity contribution < 1.29 is 4.79 Å². The van der Waals surface area contributed by atoms with Crippen molar-refractivity contribution in [1.29, 1.82) is 0 Å². The number of carbonyl (C=O) groups excluding carboxylic acids is 1. The lowest BCUT2D eigenvalue weighted by atomic mass is 10.1. The normalized spacial score (nSPS) is 11.2. The second kappa shape index (κ2) is 8.43. The number of aromatic nitrogens is 1. The molecule has 0 atom stereocenters. The van der Waals surface area contributed by atoms with Crippen molar-refractivity contribution in [2.45, 2.75) is 27.2 Å². The van der Waals surface area contributed by atoms with Crippen molar-refractivity contribution in [1.82, 2.24) is 9.27 Å². The molecule has 0 unspecified atom stereocenters. The third kappa shape index (κ3) is 4.29. The molecule has 1 heterocycles. The summed E-state index contributed by atoms with van der Waals surface area (Å²) in [5.74, 6) is 0.0346. The van der Waals surface area contributed by atoms with Gasteiger partial charge in [-0.1, -0.05) is 43.3 Å². The largest absolute Gasteiger partial charge is 0.324 e. The van der Waals surface area contributed by atoms with E-state index in [0.29, 0.717) is 6.54 Å². The minimum absolute atomic E-state index is 0.0346. The molecule has 1 amide bonds. The monoisotopic (exact) mass is 367 g/mol. The molecule has 0 bridgehead atoms. The molecule has 3 aromatic rings. The number of benzene rings is 2. The predicted octanol–water partition coefficient (Wildman–Crippen LogP) is 4.42. The number of nitrogens with zero attached hydrogens (tertiary/aromatic N) is 2. The van der Waals surface area contributed by atoms with Crippen LogP contribution in [-0.2, 0) is 11.2 Å². The highest BCUT2D eigenvalue weighted by molar-refractivity contribution is 7.13. The Labute approximate surface area is 159 Å². The van der Waals surface area contributed by atoms with Gasteiger partial charge in [0.05, 0.1) is 16.9 Å². The van der Waals surface area contributed by atoms with Gasteiger partial charge in [-0.3, -0.25) is 9.69 Å². The van der Waals surface area contributed by atoms with Crippen LogP contribution in [0.5, 0.6) is 0 Å². The molecule has 1 N–H and O–H groups in total. The second-order valence-corrected chi connectivity index (χ2v) is 7.36. The van der Waals surface area contributed by atoms with Crippen LogP contribution < -0.4 is 5.32 Å². The molecule has 0 radical (unpaired) electrons. The van der Waals surface area contributed by atoms with Crippen LogP contribution in [0.15, 0.2) is 42.5 Å². The van der Waals surface area contributed by atoms with E-state index in [9.17, 15) is 4.79 Å². The summed E-state index contributed by atoms with van der Waals surface area (Å²) >= 11 is 1.54. The highest BCUT2D eigenvalue weighted by Gasteiger charge is 2.13.